The van der Waals surface area contributed by atoms with Crippen molar-refractivity contribution in [2.45, 2.75) is 95.2 Å². The highest BCUT2D eigenvalue weighted by Gasteiger charge is 2.15. The monoisotopic (exact) mass is 394 g/mol. The minimum Gasteiger partial charge on any atom is -0.293 e. The number of hydrogen-bond acceptors (Lipinski definition) is 1. The Labute approximate surface area is 157 Å². The van der Waals surface area contributed by atoms with Crippen LogP contribution in [0.2, 0.25) is 0 Å². The summed E-state index contributed by atoms with van der Waals surface area (Å²) in [4.78, 5) is 12.2. The van der Waals surface area contributed by atoms with E-state index >= 15 is 0 Å². The Bertz CT molecular complexity index is 415. The van der Waals surface area contributed by atoms with E-state index in [1.54, 1.807) is 0 Å². The Kier molecular flexibility index (Phi) is 13.1. The van der Waals surface area contributed by atoms with Gasteiger partial charge in [-0.1, -0.05) is 130 Å². The summed E-state index contributed by atoms with van der Waals surface area (Å²) in [5, 5.41) is 0. The zero-order valence-electron chi connectivity index (χ0n) is 15.4. The Morgan fingerprint density at radius 3 is 1.75 bits per heavy atom. The number of ketones is 1. The van der Waals surface area contributed by atoms with Crippen LogP contribution >= 0.6 is 15.9 Å². The van der Waals surface area contributed by atoms with Crippen LogP contribution in [0.4, 0.5) is 0 Å². The fourth-order valence-corrected chi connectivity index (χ4v) is 3.67. The van der Waals surface area contributed by atoms with Gasteiger partial charge in [0.05, 0.1) is 4.83 Å². The third-order valence-corrected chi connectivity index (χ3v) is 5.53. The summed E-state index contributed by atoms with van der Waals surface area (Å²) in [6.45, 7) is 2.27. The lowest BCUT2D eigenvalue weighted by molar-refractivity contribution is 0.0988. The van der Waals surface area contributed by atoms with Crippen LogP contribution in [0.25, 0.3) is 0 Å². The number of Topliss-reactive ketones (excluding diaryl/α,β-unsaturated/α-hetero) is 1. The first kappa shape index (κ1) is 21.4. The standard InChI is InChI=1S/C22H35BrO/c1-2-3-4-5-6-7-8-9-10-11-12-16-19-21(23)22(24)20-17-14-13-15-18-20/h13-15,17-18,21H,2-12,16,19H2,1H3. The van der Waals surface area contributed by atoms with E-state index in [1.165, 1.54) is 70.6 Å². The van der Waals surface area contributed by atoms with E-state index in [2.05, 4.69) is 22.9 Å². The molecule has 1 unspecified atom stereocenters. The predicted octanol–water partition coefficient (Wildman–Crippen LogP) is 7.72. The predicted molar refractivity (Wildman–Crippen MR) is 109 cm³/mol. The molecule has 1 nitrogen and oxygen atoms in total. The van der Waals surface area contributed by atoms with Gasteiger partial charge in [0.15, 0.2) is 5.78 Å². The molecule has 0 aliphatic heterocycles. The molecule has 0 saturated heterocycles. The van der Waals surface area contributed by atoms with Crippen LogP contribution in [-0.4, -0.2) is 10.6 Å². The average molecular weight is 395 g/mol. The summed E-state index contributed by atoms with van der Waals surface area (Å²) in [6.07, 6.45) is 17.2. The molecule has 1 aromatic carbocycles. The Balaban J connectivity index is 1.92. The van der Waals surface area contributed by atoms with Gasteiger partial charge in [-0.05, 0) is 6.42 Å². The molecule has 1 atom stereocenters. The molecule has 0 aliphatic carbocycles. The highest BCUT2D eigenvalue weighted by molar-refractivity contribution is 9.10. The van der Waals surface area contributed by atoms with Crippen LogP contribution in [-0.2, 0) is 0 Å². The molecule has 136 valence electrons. The van der Waals surface area contributed by atoms with Gasteiger partial charge in [-0.25, -0.2) is 0 Å². The maximum Gasteiger partial charge on any atom is 0.176 e. The average Bonchev–Trinajstić information content (AvgIpc) is 2.62. The Hall–Kier alpha value is -0.630. The summed E-state index contributed by atoms with van der Waals surface area (Å²) < 4.78 is 0. The molecule has 0 bridgehead atoms. The lowest BCUT2D eigenvalue weighted by Gasteiger charge is -2.09. The second kappa shape index (κ2) is 14.7. The van der Waals surface area contributed by atoms with Crippen LogP contribution in [0.3, 0.4) is 0 Å². The maximum absolute atomic E-state index is 12.2. The van der Waals surface area contributed by atoms with Crippen molar-refractivity contribution in [3.8, 4) is 0 Å². The molecular weight excluding hydrogens is 360 g/mol. The Morgan fingerprint density at radius 2 is 1.25 bits per heavy atom. The van der Waals surface area contributed by atoms with Gasteiger partial charge in [0.25, 0.3) is 0 Å². The first-order valence-electron chi connectivity index (χ1n) is 9.99. The molecule has 0 spiro atoms. The summed E-state index contributed by atoms with van der Waals surface area (Å²) in [5.41, 5.74) is 0.818. The third kappa shape index (κ3) is 10.3. The summed E-state index contributed by atoms with van der Waals surface area (Å²) in [7, 11) is 0. The fourth-order valence-electron chi connectivity index (χ4n) is 3.08. The molecule has 1 aromatic rings. The number of alkyl halides is 1. The van der Waals surface area contributed by atoms with Crippen molar-refractivity contribution < 1.29 is 4.79 Å². The van der Waals surface area contributed by atoms with Crippen LogP contribution in [0.5, 0.6) is 0 Å². The quantitative estimate of drug-likeness (QED) is 0.169. The van der Waals surface area contributed by atoms with E-state index in [9.17, 15) is 4.79 Å². The van der Waals surface area contributed by atoms with Gasteiger partial charge in [0, 0.05) is 5.56 Å². The topological polar surface area (TPSA) is 17.1 Å². The van der Waals surface area contributed by atoms with Crippen molar-refractivity contribution in [1.82, 2.24) is 0 Å². The van der Waals surface area contributed by atoms with Gasteiger partial charge in [0.2, 0.25) is 0 Å². The first-order chi connectivity index (χ1) is 11.8. The summed E-state index contributed by atoms with van der Waals surface area (Å²) >= 11 is 3.56. The number of rotatable bonds is 15. The van der Waals surface area contributed by atoms with Gasteiger partial charge >= 0.3 is 0 Å². The van der Waals surface area contributed by atoms with Crippen molar-refractivity contribution in [2.75, 3.05) is 0 Å². The van der Waals surface area contributed by atoms with Gasteiger partial charge < -0.3 is 0 Å². The van der Waals surface area contributed by atoms with Gasteiger partial charge in [-0.15, -0.1) is 0 Å². The molecule has 0 heterocycles. The lowest BCUT2D eigenvalue weighted by atomic mass is 10.0. The highest BCUT2D eigenvalue weighted by Crippen LogP contribution is 2.18. The lowest BCUT2D eigenvalue weighted by Crippen LogP contribution is -2.13. The van der Waals surface area contributed by atoms with Crippen molar-refractivity contribution in [3.05, 3.63) is 35.9 Å². The zero-order valence-corrected chi connectivity index (χ0v) is 17.0. The van der Waals surface area contributed by atoms with E-state index in [4.69, 9.17) is 0 Å². The number of hydrogen-bond donors (Lipinski definition) is 0. The molecule has 0 saturated carbocycles. The number of carbonyl (C=O) groups excluding carboxylic acids is 1. The maximum atomic E-state index is 12.2. The van der Waals surface area contributed by atoms with E-state index in [1.807, 2.05) is 30.3 Å². The second-order valence-corrected chi connectivity index (χ2v) is 7.98. The largest absolute Gasteiger partial charge is 0.293 e. The summed E-state index contributed by atoms with van der Waals surface area (Å²) in [6, 6.07) is 9.61. The zero-order chi connectivity index (χ0) is 17.5. The molecule has 1 rings (SSSR count). The molecular formula is C22H35BrO. The highest BCUT2D eigenvalue weighted by atomic mass is 79.9. The van der Waals surface area contributed by atoms with E-state index in [0.29, 0.717) is 0 Å². The van der Waals surface area contributed by atoms with Crippen LogP contribution < -0.4 is 0 Å². The Morgan fingerprint density at radius 1 is 0.792 bits per heavy atom. The molecule has 24 heavy (non-hydrogen) atoms. The fraction of sp³-hybridized carbons (Fsp3) is 0.682. The molecule has 0 amide bonds. The van der Waals surface area contributed by atoms with Crippen molar-refractivity contribution in [2.24, 2.45) is 0 Å². The van der Waals surface area contributed by atoms with Crippen LogP contribution in [0.15, 0.2) is 30.3 Å². The van der Waals surface area contributed by atoms with E-state index in [0.717, 1.165) is 18.4 Å². The van der Waals surface area contributed by atoms with E-state index in [-0.39, 0.29) is 10.6 Å². The number of unbranched alkanes of at least 4 members (excludes halogenated alkanes) is 11. The minimum absolute atomic E-state index is 0.0250. The SMILES string of the molecule is CCCCCCCCCCCCCCC(Br)C(=O)c1ccccc1. The smallest absolute Gasteiger partial charge is 0.176 e. The van der Waals surface area contributed by atoms with Gasteiger partial charge in [0.1, 0.15) is 0 Å². The molecule has 0 aliphatic rings. The van der Waals surface area contributed by atoms with Crippen molar-refractivity contribution in [1.29, 1.82) is 0 Å². The molecule has 0 radical (unpaired) electrons. The van der Waals surface area contributed by atoms with Gasteiger partial charge in [-0.2, -0.15) is 0 Å². The number of halogens is 1. The summed E-state index contributed by atoms with van der Waals surface area (Å²) in [5.74, 6) is 0.221. The van der Waals surface area contributed by atoms with Crippen LogP contribution in [0, 0.1) is 0 Å². The minimum atomic E-state index is -0.0250. The molecule has 0 fully saturated rings. The number of benzene rings is 1. The molecule has 0 aromatic heterocycles. The first-order valence-corrected chi connectivity index (χ1v) is 10.9. The third-order valence-electron chi connectivity index (χ3n) is 4.65. The normalized spacial score (nSPS) is 12.2. The molecule has 0 N–H and O–H groups in total. The van der Waals surface area contributed by atoms with Crippen molar-refractivity contribution in [3.63, 3.8) is 0 Å². The van der Waals surface area contributed by atoms with E-state index < -0.39 is 0 Å². The number of carbonyl (C=O) groups is 1. The van der Waals surface area contributed by atoms with Crippen molar-refractivity contribution >= 4 is 21.7 Å². The van der Waals surface area contributed by atoms with Crippen LogP contribution in [0.1, 0.15) is 101 Å². The van der Waals surface area contributed by atoms with Gasteiger partial charge in [-0.3, -0.25) is 4.79 Å². The molecule has 2 heteroatoms. The second-order valence-electron chi connectivity index (χ2n) is 6.88.